The van der Waals surface area contributed by atoms with Gasteiger partial charge in [0.1, 0.15) is 17.9 Å². The Morgan fingerprint density at radius 1 is 0.853 bits per heavy atom. The van der Waals surface area contributed by atoms with Crippen LogP contribution in [0.3, 0.4) is 0 Å². The normalized spacial score (nSPS) is 11.6. The van der Waals surface area contributed by atoms with E-state index >= 15 is 0 Å². The second-order valence-corrected chi connectivity index (χ2v) is 9.78. The van der Waals surface area contributed by atoms with Gasteiger partial charge in [0, 0.05) is 17.7 Å². The first-order valence-corrected chi connectivity index (χ1v) is 12.1. The molecule has 0 N–H and O–H groups in total. The van der Waals surface area contributed by atoms with Crippen LogP contribution in [-0.2, 0) is 12.0 Å². The molecule has 0 amide bonds. The second-order valence-electron chi connectivity index (χ2n) is 9.78. The van der Waals surface area contributed by atoms with Crippen molar-refractivity contribution in [2.45, 2.75) is 59.5 Å². The van der Waals surface area contributed by atoms with Crippen LogP contribution < -0.4 is 9.47 Å². The van der Waals surface area contributed by atoms with Crippen LogP contribution in [0.5, 0.6) is 11.6 Å². The number of hydrogen-bond donors (Lipinski definition) is 0. The zero-order chi connectivity index (χ0) is 24.1. The molecule has 0 unspecified atom stereocenters. The Hall–Kier alpha value is -3.40. The minimum Gasteiger partial charge on any atom is -0.491 e. The van der Waals surface area contributed by atoms with Crippen molar-refractivity contribution in [3.63, 3.8) is 0 Å². The number of benzene rings is 2. The molecule has 0 spiro atoms. The molecule has 4 nitrogen and oxygen atoms in total. The average Bonchev–Trinajstić information content (AvgIpc) is 2.83. The molecule has 2 heterocycles. The van der Waals surface area contributed by atoms with Crippen LogP contribution >= 0.6 is 0 Å². The number of aromatic nitrogens is 2. The quantitative estimate of drug-likeness (QED) is 0.256. The predicted molar refractivity (Wildman–Crippen MR) is 140 cm³/mol. The van der Waals surface area contributed by atoms with Crippen molar-refractivity contribution >= 4 is 11.0 Å². The highest BCUT2D eigenvalue weighted by atomic mass is 16.5. The van der Waals surface area contributed by atoms with Gasteiger partial charge < -0.3 is 9.47 Å². The Bertz CT molecular complexity index is 1260. The van der Waals surface area contributed by atoms with E-state index in [9.17, 15) is 0 Å². The third kappa shape index (κ3) is 5.56. The van der Waals surface area contributed by atoms with E-state index in [1.54, 1.807) is 0 Å². The molecule has 2 aromatic carbocycles. The summed E-state index contributed by atoms with van der Waals surface area (Å²) in [5.74, 6) is 1.31. The van der Waals surface area contributed by atoms with E-state index < -0.39 is 0 Å². The molecule has 4 rings (SSSR count). The summed E-state index contributed by atoms with van der Waals surface area (Å²) in [6.07, 6.45) is 2.06. The van der Waals surface area contributed by atoms with E-state index in [1.165, 1.54) is 11.1 Å². The highest BCUT2D eigenvalue weighted by Crippen LogP contribution is 2.34. The first-order valence-electron chi connectivity index (χ1n) is 12.1. The highest BCUT2D eigenvalue weighted by Gasteiger charge is 2.17. The largest absolute Gasteiger partial charge is 0.491 e. The van der Waals surface area contributed by atoms with Crippen LogP contribution in [0.4, 0.5) is 0 Å². The lowest BCUT2D eigenvalue weighted by Gasteiger charge is -2.21. The molecular formula is C30H34N2O2. The average molecular weight is 455 g/mol. The van der Waals surface area contributed by atoms with E-state index in [0.717, 1.165) is 46.4 Å². The SMILES string of the molecule is CCCCOc1cc(-c2ccc(C(C)(C)C)cc2C)nc2ccc(OCc3ccccc3)nc12. The fourth-order valence-corrected chi connectivity index (χ4v) is 3.86. The van der Waals surface area contributed by atoms with Gasteiger partial charge >= 0.3 is 0 Å². The standard InChI is InChI=1S/C30H34N2O2/c1-6-7-17-33-27-19-26(24-14-13-23(18-21(24)2)30(3,4)5)31-25-15-16-28(32-29(25)27)34-20-22-11-9-8-10-12-22/h8-16,18-19H,6-7,17,20H2,1-5H3. The maximum absolute atomic E-state index is 6.20. The number of ether oxygens (including phenoxy) is 2. The number of nitrogens with zero attached hydrogens (tertiary/aromatic N) is 2. The lowest BCUT2D eigenvalue weighted by atomic mass is 9.85. The van der Waals surface area contributed by atoms with Crippen molar-refractivity contribution in [3.05, 3.63) is 83.4 Å². The molecule has 0 atom stereocenters. The molecule has 4 heteroatoms. The molecule has 0 fully saturated rings. The number of aryl methyl sites for hydroxylation is 1. The summed E-state index contributed by atoms with van der Waals surface area (Å²) in [6.45, 7) is 12.1. The van der Waals surface area contributed by atoms with Crippen LogP contribution in [0.15, 0.2) is 66.7 Å². The third-order valence-electron chi connectivity index (χ3n) is 5.94. The van der Waals surface area contributed by atoms with Gasteiger partial charge in [0.2, 0.25) is 5.88 Å². The van der Waals surface area contributed by atoms with E-state index in [1.807, 2.05) is 48.5 Å². The number of fused-ring (bicyclic) bond motifs is 1. The van der Waals surface area contributed by atoms with Crippen LogP contribution in [0, 0.1) is 6.92 Å². The zero-order valence-electron chi connectivity index (χ0n) is 20.9. The van der Waals surface area contributed by atoms with Crippen molar-refractivity contribution in [3.8, 4) is 22.9 Å². The maximum Gasteiger partial charge on any atom is 0.214 e. The van der Waals surface area contributed by atoms with Gasteiger partial charge in [-0.2, -0.15) is 0 Å². The van der Waals surface area contributed by atoms with Crippen LogP contribution in [0.25, 0.3) is 22.3 Å². The number of unbranched alkanes of at least 4 members (excludes halogenated alkanes) is 1. The van der Waals surface area contributed by atoms with Crippen LogP contribution in [0.1, 0.15) is 57.2 Å². The van der Waals surface area contributed by atoms with Gasteiger partial charge in [-0.1, -0.05) is 82.6 Å². The van der Waals surface area contributed by atoms with Crippen LogP contribution in [-0.4, -0.2) is 16.6 Å². The molecule has 176 valence electrons. The van der Waals surface area contributed by atoms with E-state index in [2.05, 4.69) is 52.8 Å². The molecule has 0 saturated heterocycles. The molecule has 0 aliphatic rings. The smallest absolute Gasteiger partial charge is 0.214 e. The van der Waals surface area contributed by atoms with Crippen molar-refractivity contribution in [2.75, 3.05) is 6.61 Å². The van der Waals surface area contributed by atoms with E-state index in [4.69, 9.17) is 19.4 Å². The first kappa shape index (κ1) is 23.7. The Kier molecular flexibility index (Phi) is 7.16. The summed E-state index contributed by atoms with van der Waals surface area (Å²) in [7, 11) is 0. The van der Waals surface area contributed by atoms with Crippen LogP contribution in [0.2, 0.25) is 0 Å². The summed E-state index contributed by atoms with van der Waals surface area (Å²) < 4.78 is 12.2. The fraction of sp³-hybridized carbons (Fsp3) is 0.333. The molecule has 4 aromatic rings. The second kappa shape index (κ2) is 10.3. The van der Waals surface area contributed by atoms with Crippen molar-refractivity contribution < 1.29 is 9.47 Å². The number of hydrogen-bond acceptors (Lipinski definition) is 4. The predicted octanol–water partition coefficient (Wildman–Crippen LogP) is 7.66. The molecule has 0 aliphatic heterocycles. The van der Waals surface area contributed by atoms with Gasteiger partial charge in [0.25, 0.3) is 0 Å². The summed E-state index contributed by atoms with van der Waals surface area (Å²) in [5, 5.41) is 0. The lowest BCUT2D eigenvalue weighted by Crippen LogP contribution is -2.11. The van der Waals surface area contributed by atoms with Crippen molar-refractivity contribution in [1.82, 2.24) is 9.97 Å². The summed E-state index contributed by atoms with van der Waals surface area (Å²) >= 11 is 0. The molecular weight excluding hydrogens is 420 g/mol. The van der Waals surface area contributed by atoms with E-state index in [0.29, 0.717) is 19.1 Å². The molecule has 2 aromatic heterocycles. The monoisotopic (exact) mass is 454 g/mol. The minimum absolute atomic E-state index is 0.106. The van der Waals surface area contributed by atoms with Gasteiger partial charge in [-0.05, 0) is 41.5 Å². The molecule has 0 radical (unpaired) electrons. The molecule has 0 aliphatic carbocycles. The molecule has 34 heavy (non-hydrogen) atoms. The summed E-state index contributed by atoms with van der Waals surface area (Å²) in [4.78, 5) is 9.71. The van der Waals surface area contributed by atoms with E-state index in [-0.39, 0.29) is 5.41 Å². The van der Waals surface area contributed by atoms with Gasteiger partial charge in [-0.25, -0.2) is 9.97 Å². The highest BCUT2D eigenvalue weighted by molar-refractivity contribution is 5.85. The maximum atomic E-state index is 6.20. The summed E-state index contributed by atoms with van der Waals surface area (Å²) in [5.41, 5.74) is 7.27. The van der Waals surface area contributed by atoms with Crippen molar-refractivity contribution in [2.24, 2.45) is 0 Å². The van der Waals surface area contributed by atoms with Gasteiger partial charge in [0.15, 0.2) is 0 Å². The lowest BCUT2D eigenvalue weighted by molar-refractivity contribution is 0.293. The molecule has 0 saturated carbocycles. The topological polar surface area (TPSA) is 44.2 Å². The first-order chi connectivity index (χ1) is 16.3. The third-order valence-corrected chi connectivity index (χ3v) is 5.94. The molecule has 0 bridgehead atoms. The Morgan fingerprint density at radius 2 is 1.65 bits per heavy atom. The van der Waals surface area contributed by atoms with Gasteiger partial charge in [-0.3, -0.25) is 0 Å². The number of rotatable bonds is 8. The van der Waals surface area contributed by atoms with Gasteiger partial charge in [0.05, 0.1) is 17.8 Å². The fourth-order valence-electron chi connectivity index (χ4n) is 3.86. The van der Waals surface area contributed by atoms with Gasteiger partial charge in [-0.15, -0.1) is 0 Å². The Labute approximate surface area is 203 Å². The Balaban J connectivity index is 1.70. The Morgan fingerprint density at radius 3 is 2.35 bits per heavy atom. The summed E-state index contributed by atoms with van der Waals surface area (Å²) in [6, 6.07) is 22.6. The minimum atomic E-state index is 0.106. The van der Waals surface area contributed by atoms with Crippen molar-refractivity contribution in [1.29, 1.82) is 0 Å². The zero-order valence-corrected chi connectivity index (χ0v) is 20.9. The number of pyridine rings is 2.